The molecule has 1 rings (SSSR count). The molecule has 0 aliphatic carbocycles. The fourth-order valence-corrected chi connectivity index (χ4v) is 2.85. The Kier molecular flexibility index (Phi) is 6.43. The molecule has 0 saturated carbocycles. The van der Waals surface area contributed by atoms with Gasteiger partial charge in [0.05, 0.1) is 12.1 Å². The highest BCUT2D eigenvalue weighted by atomic mass is 32.2. The Bertz CT molecular complexity index is 463. The molecular formula is C14H14N2S2. The van der Waals surface area contributed by atoms with Crippen LogP contribution in [-0.4, -0.2) is 12.5 Å². The quantitative estimate of drug-likeness (QED) is 0.814. The molecule has 0 N–H and O–H groups in total. The van der Waals surface area contributed by atoms with E-state index < -0.39 is 5.92 Å². The number of nitrogens with zero attached hydrogens (tertiary/aromatic N) is 2. The topological polar surface area (TPSA) is 47.6 Å². The molecule has 0 aliphatic rings. The third-order valence-corrected chi connectivity index (χ3v) is 4.62. The molecule has 1 aromatic rings. The number of thioether (sulfide) groups is 2. The highest BCUT2D eigenvalue weighted by Gasteiger charge is 2.21. The normalized spacial score (nSPS) is 11.4. The van der Waals surface area contributed by atoms with Crippen LogP contribution < -0.4 is 0 Å². The minimum Gasteiger partial charge on any atom is -0.197 e. The summed E-state index contributed by atoms with van der Waals surface area (Å²) in [7, 11) is 0. The molecule has 0 heterocycles. The van der Waals surface area contributed by atoms with Gasteiger partial charge in [-0.1, -0.05) is 36.4 Å². The molecule has 4 heteroatoms. The van der Waals surface area contributed by atoms with Crippen molar-refractivity contribution in [3.05, 3.63) is 46.2 Å². The van der Waals surface area contributed by atoms with E-state index in [0.29, 0.717) is 0 Å². The third kappa shape index (κ3) is 3.84. The molecule has 0 radical (unpaired) electrons. The van der Waals surface area contributed by atoms with Gasteiger partial charge in [-0.3, -0.25) is 0 Å². The maximum atomic E-state index is 9.10. The Morgan fingerprint density at radius 1 is 1.11 bits per heavy atom. The summed E-state index contributed by atoms with van der Waals surface area (Å²) in [6.45, 7) is 0. The van der Waals surface area contributed by atoms with Crippen molar-refractivity contribution in [1.82, 2.24) is 0 Å². The van der Waals surface area contributed by atoms with Gasteiger partial charge in [-0.05, 0) is 18.1 Å². The van der Waals surface area contributed by atoms with Crippen LogP contribution in [-0.2, 0) is 0 Å². The Morgan fingerprint density at radius 2 is 1.67 bits per heavy atom. The summed E-state index contributed by atoms with van der Waals surface area (Å²) in [5.74, 6) is -0.821. The lowest BCUT2D eigenvalue weighted by Crippen LogP contribution is -2.07. The van der Waals surface area contributed by atoms with E-state index >= 15 is 0 Å². The van der Waals surface area contributed by atoms with Crippen LogP contribution in [0.5, 0.6) is 0 Å². The molecule has 0 aromatic heterocycles. The SMILES string of the molecule is CSC(=CC(c1ccccc1)C(C#N)C#N)SC. The lowest BCUT2D eigenvalue weighted by Gasteiger charge is -2.15. The fraction of sp³-hybridized carbons (Fsp3) is 0.286. The first-order valence-corrected chi connectivity index (χ1v) is 7.85. The second-order valence-electron chi connectivity index (χ2n) is 3.57. The van der Waals surface area contributed by atoms with Crippen molar-refractivity contribution in [2.75, 3.05) is 12.5 Å². The lowest BCUT2D eigenvalue weighted by atomic mass is 9.88. The minimum atomic E-state index is -0.651. The summed E-state index contributed by atoms with van der Waals surface area (Å²) in [6, 6.07) is 13.9. The highest BCUT2D eigenvalue weighted by molar-refractivity contribution is 8.21. The zero-order valence-electron chi connectivity index (χ0n) is 10.3. The second kappa shape index (κ2) is 7.87. The Labute approximate surface area is 117 Å². The van der Waals surface area contributed by atoms with Gasteiger partial charge in [-0.25, -0.2) is 0 Å². The Hall–Kier alpha value is -1.36. The molecule has 2 nitrogen and oxygen atoms in total. The standard InChI is InChI=1S/C14H14N2S2/c1-17-14(18-2)8-13(12(9-15)10-16)11-6-4-3-5-7-11/h3-8,12-13H,1-2H3. The van der Waals surface area contributed by atoms with Crippen LogP contribution in [0.4, 0.5) is 0 Å². The van der Waals surface area contributed by atoms with E-state index in [-0.39, 0.29) is 5.92 Å². The molecule has 0 amide bonds. The van der Waals surface area contributed by atoms with Crippen LogP contribution in [0, 0.1) is 28.6 Å². The molecule has 0 aliphatic heterocycles. The highest BCUT2D eigenvalue weighted by Crippen LogP contribution is 2.32. The van der Waals surface area contributed by atoms with Gasteiger partial charge in [0.2, 0.25) is 0 Å². The summed E-state index contributed by atoms with van der Waals surface area (Å²) < 4.78 is 1.12. The van der Waals surface area contributed by atoms with Crippen LogP contribution in [0.1, 0.15) is 11.5 Å². The third-order valence-electron chi connectivity index (χ3n) is 2.54. The van der Waals surface area contributed by atoms with E-state index in [4.69, 9.17) is 10.5 Å². The van der Waals surface area contributed by atoms with E-state index in [1.807, 2.05) is 48.9 Å². The van der Waals surface area contributed by atoms with Crippen LogP contribution in [0.15, 0.2) is 40.6 Å². The molecule has 92 valence electrons. The van der Waals surface area contributed by atoms with E-state index in [1.54, 1.807) is 23.5 Å². The van der Waals surface area contributed by atoms with Crippen molar-refractivity contribution >= 4 is 23.5 Å². The first-order valence-electron chi connectivity index (χ1n) is 5.40. The molecule has 18 heavy (non-hydrogen) atoms. The molecule has 0 saturated heterocycles. The second-order valence-corrected chi connectivity index (χ2v) is 5.52. The Balaban J connectivity index is 3.16. The van der Waals surface area contributed by atoms with E-state index in [2.05, 4.69) is 12.1 Å². The first kappa shape index (κ1) is 14.7. The van der Waals surface area contributed by atoms with Gasteiger partial charge >= 0.3 is 0 Å². The monoisotopic (exact) mass is 274 g/mol. The van der Waals surface area contributed by atoms with Crippen molar-refractivity contribution in [2.24, 2.45) is 5.92 Å². The van der Waals surface area contributed by atoms with Crippen LogP contribution in [0.2, 0.25) is 0 Å². The number of hydrogen-bond acceptors (Lipinski definition) is 4. The van der Waals surface area contributed by atoms with E-state index in [0.717, 1.165) is 9.80 Å². The number of nitriles is 2. The molecule has 1 aromatic carbocycles. The zero-order valence-corrected chi connectivity index (χ0v) is 12.0. The summed E-state index contributed by atoms with van der Waals surface area (Å²) in [6.07, 6.45) is 6.01. The van der Waals surface area contributed by atoms with Gasteiger partial charge in [0.25, 0.3) is 0 Å². The Morgan fingerprint density at radius 3 is 2.11 bits per heavy atom. The molecule has 1 atom stereocenters. The van der Waals surface area contributed by atoms with Crippen molar-refractivity contribution in [3.63, 3.8) is 0 Å². The maximum Gasteiger partial charge on any atom is 0.143 e. The molecule has 0 spiro atoms. The molecular weight excluding hydrogens is 260 g/mol. The van der Waals surface area contributed by atoms with Gasteiger partial charge < -0.3 is 0 Å². The number of allylic oxidation sites excluding steroid dienone is 1. The average Bonchev–Trinajstić information content (AvgIpc) is 2.44. The van der Waals surface area contributed by atoms with E-state index in [9.17, 15) is 0 Å². The minimum absolute atomic E-state index is 0.170. The van der Waals surface area contributed by atoms with Crippen molar-refractivity contribution < 1.29 is 0 Å². The number of rotatable bonds is 5. The average molecular weight is 274 g/mol. The zero-order chi connectivity index (χ0) is 13.4. The van der Waals surface area contributed by atoms with Crippen LogP contribution >= 0.6 is 23.5 Å². The fourth-order valence-electron chi connectivity index (χ4n) is 1.62. The summed E-state index contributed by atoms with van der Waals surface area (Å²) >= 11 is 3.27. The lowest BCUT2D eigenvalue weighted by molar-refractivity contribution is 0.733. The molecule has 0 fully saturated rings. The summed E-state index contributed by atoms with van der Waals surface area (Å²) in [5.41, 5.74) is 1.01. The van der Waals surface area contributed by atoms with Crippen molar-refractivity contribution in [2.45, 2.75) is 5.92 Å². The van der Waals surface area contributed by atoms with Gasteiger partial charge in [-0.2, -0.15) is 10.5 Å². The largest absolute Gasteiger partial charge is 0.197 e. The van der Waals surface area contributed by atoms with Gasteiger partial charge in [0.15, 0.2) is 0 Å². The van der Waals surface area contributed by atoms with Crippen molar-refractivity contribution in [1.29, 1.82) is 10.5 Å². The maximum absolute atomic E-state index is 9.10. The predicted molar refractivity (Wildman–Crippen MR) is 79.0 cm³/mol. The predicted octanol–water partition coefficient (Wildman–Crippen LogP) is 4.00. The summed E-state index contributed by atoms with van der Waals surface area (Å²) in [4.78, 5) is 0. The number of hydrogen-bond donors (Lipinski definition) is 0. The van der Waals surface area contributed by atoms with Gasteiger partial charge in [-0.15, -0.1) is 23.5 Å². The summed E-state index contributed by atoms with van der Waals surface area (Å²) in [5, 5.41) is 18.2. The molecule has 0 bridgehead atoms. The van der Waals surface area contributed by atoms with Gasteiger partial charge in [0, 0.05) is 10.2 Å². The molecule has 1 unspecified atom stereocenters. The van der Waals surface area contributed by atoms with Crippen LogP contribution in [0.25, 0.3) is 0 Å². The van der Waals surface area contributed by atoms with Gasteiger partial charge in [0.1, 0.15) is 5.92 Å². The first-order chi connectivity index (χ1) is 8.76. The van der Waals surface area contributed by atoms with Crippen LogP contribution in [0.3, 0.4) is 0 Å². The number of benzene rings is 1. The van der Waals surface area contributed by atoms with E-state index in [1.165, 1.54) is 0 Å². The van der Waals surface area contributed by atoms with Crippen molar-refractivity contribution in [3.8, 4) is 12.1 Å². The smallest absolute Gasteiger partial charge is 0.143 e.